The molecule has 10 heteroatoms. The van der Waals surface area contributed by atoms with Gasteiger partial charge < -0.3 is 20.1 Å². The molecule has 7 rings (SSSR count). The van der Waals surface area contributed by atoms with Gasteiger partial charge in [0, 0.05) is 35.0 Å². The van der Waals surface area contributed by atoms with Crippen LogP contribution in [0.2, 0.25) is 0 Å². The highest BCUT2D eigenvalue weighted by Crippen LogP contribution is 2.34. The number of nitrogens with one attached hydrogen (secondary N) is 3. The van der Waals surface area contributed by atoms with Gasteiger partial charge in [-0.25, -0.2) is 9.37 Å². The van der Waals surface area contributed by atoms with Crippen molar-refractivity contribution < 1.29 is 14.2 Å². The molecule has 9 nitrogen and oxygen atoms in total. The first-order valence-corrected chi connectivity index (χ1v) is 12.8. The summed E-state index contributed by atoms with van der Waals surface area (Å²) in [5, 5.41) is 21.8. The molecule has 0 atom stereocenters. The maximum Gasteiger partial charge on any atom is 0.159 e. The van der Waals surface area contributed by atoms with E-state index in [4.69, 9.17) is 9.72 Å². The van der Waals surface area contributed by atoms with E-state index in [-0.39, 0.29) is 11.9 Å². The number of benzene rings is 2. The van der Waals surface area contributed by atoms with Crippen molar-refractivity contribution in [2.45, 2.75) is 18.9 Å². The van der Waals surface area contributed by atoms with Crippen LogP contribution in [0, 0.1) is 5.82 Å². The summed E-state index contributed by atoms with van der Waals surface area (Å²) >= 11 is 0. The Morgan fingerprint density at radius 3 is 2.67 bits per heavy atom. The van der Waals surface area contributed by atoms with Crippen molar-refractivity contribution in [3.05, 3.63) is 72.9 Å². The van der Waals surface area contributed by atoms with Gasteiger partial charge in [0.25, 0.3) is 0 Å². The number of halogens is 1. The van der Waals surface area contributed by atoms with E-state index in [0.29, 0.717) is 28.3 Å². The van der Waals surface area contributed by atoms with E-state index in [9.17, 15) is 9.50 Å². The maximum atomic E-state index is 14.0. The Balaban J connectivity index is 1.26. The fourth-order valence-electron chi connectivity index (χ4n) is 5.09. The number of aromatic nitrogens is 6. The summed E-state index contributed by atoms with van der Waals surface area (Å²) in [6.45, 7) is 1.92. The van der Waals surface area contributed by atoms with Crippen LogP contribution in [0.25, 0.3) is 55.8 Å². The van der Waals surface area contributed by atoms with Gasteiger partial charge in [0.15, 0.2) is 5.82 Å². The number of imidazole rings is 1. The molecule has 194 valence electrons. The first-order valence-electron chi connectivity index (χ1n) is 12.8. The fraction of sp³-hybridized carbons (Fsp3) is 0.172. The highest BCUT2D eigenvalue weighted by atomic mass is 19.1. The van der Waals surface area contributed by atoms with Crippen molar-refractivity contribution >= 4 is 21.9 Å². The van der Waals surface area contributed by atoms with E-state index in [1.54, 1.807) is 18.5 Å². The van der Waals surface area contributed by atoms with Crippen LogP contribution in [0.1, 0.15) is 12.8 Å². The Kier molecular flexibility index (Phi) is 5.66. The highest BCUT2D eigenvalue weighted by Gasteiger charge is 2.18. The molecular formula is C29H24FN7O2. The molecule has 39 heavy (non-hydrogen) atoms. The third-order valence-electron chi connectivity index (χ3n) is 6.98. The molecule has 5 heterocycles. The van der Waals surface area contributed by atoms with Crippen LogP contribution in [-0.2, 0) is 0 Å². The smallest absolute Gasteiger partial charge is 0.159 e. The Hall–Kier alpha value is -4.83. The second-order valence-electron chi connectivity index (χ2n) is 9.65. The van der Waals surface area contributed by atoms with Crippen LogP contribution in [0.5, 0.6) is 11.5 Å². The number of H-pyrrole nitrogens is 2. The number of fused-ring (bicyclic) bond motifs is 2. The predicted molar refractivity (Wildman–Crippen MR) is 146 cm³/mol. The molecular weight excluding hydrogens is 497 g/mol. The molecule has 4 N–H and O–H groups in total. The third kappa shape index (κ3) is 4.44. The minimum atomic E-state index is -0.551. The Labute approximate surface area is 222 Å². The average molecular weight is 522 g/mol. The average Bonchev–Trinajstić information content (AvgIpc) is 3.57. The number of hydrogen-bond acceptors (Lipinski definition) is 7. The molecule has 6 aromatic rings. The van der Waals surface area contributed by atoms with E-state index in [0.717, 1.165) is 65.3 Å². The van der Waals surface area contributed by atoms with Gasteiger partial charge in [-0.15, -0.1) is 0 Å². The van der Waals surface area contributed by atoms with Crippen LogP contribution in [0.4, 0.5) is 4.39 Å². The van der Waals surface area contributed by atoms with Crippen molar-refractivity contribution in [3.63, 3.8) is 0 Å². The van der Waals surface area contributed by atoms with E-state index < -0.39 is 5.82 Å². The normalized spacial score (nSPS) is 14.3. The molecule has 4 aromatic heterocycles. The van der Waals surface area contributed by atoms with E-state index in [1.807, 2.05) is 24.4 Å². The van der Waals surface area contributed by atoms with E-state index in [1.165, 1.54) is 12.1 Å². The minimum absolute atomic E-state index is 0.176. The Morgan fingerprint density at radius 2 is 1.79 bits per heavy atom. The minimum Gasteiger partial charge on any atom is -0.508 e. The second kappa shape index (κ2) is 9.48. The zero-order chi connectivity index (χ0) is 26.3. The Morgan fingerprint density at radius 1 is 0.897 bits per heavy atom. The first kappa shape index (κ1) is 23.3. The third-order valence-corrected chi connectivity index (χ3v) is 6.98. The number of phenolic OH excluding ortho intramolecular Hbond substituents is 1. The summed E-state index contributed by atoms with van der Waals surface area (Å²) in [5.41, 5.74) is 5.59. The molecule has 0 radical (unpaired) electrons. The van der Waals surface area contributed by atoms with Crippen molar-refractivity contribution in [1.29, 1.82) is 0 Å². The van der Waals surface area contributed by atoms with Gasteiger partial charge in [-0.2, -0.15) is 5.10 Å². The lowest BCUT2D eigenvalue weighted by Gasteiger charge is -2.23. The summed E-state index contributed by atoms with van der Waals surface area (Å²) in [7, 11) is 0. The SMILES string of the molecule is Oc1cc(F)cc(-c2nccc3[nH]c(-c4n[nH]c5ccc(-c6cncc(OC7CCNCC7)c6)cc45)nc23)c1. The van der Waals surface area contributed by atoms with Gasteiger partial charge in [0.1, 0.15) is 34.6 Å². The Bertz CT molecular complexity index is 1800. The number of piperidine rings is 1. The lowest BCUT2D eigenvalue weighted by atomic mass is 10.0. The monoisotopic (exact) mass is 521 g/mol. The highest BCUT2D eigenvalue weighted by molar-refractivity contribution is 5.97. The molecule has 1 aliphatic heterocycles. The van der Waals surface area contributed by atoms with Gasteiger partial charge in [-0.05, 0) is 67.9 Å². The molecule has 0 unspecified atom stereocenters. The molecule has 1 saturated heterocycles. The number of hydrogen-bond donors (Lipinski definition) is 4. The number of phenols is 1. The number of aromatic hydroxyl groups is 1. The number of pyridine rings is 2. The molecule has 0 spiro atoms. The van der Waals surface area contributed by atoms with Gasteiger partial charge in [-0.3, -0.25) is 15.1 Å². The topological polar surface area (TPSA) is 125 Å². The quantitative estimate of drug-likeness (QED) is 0.246. The molecule has 0 aliphatic carbocycles. The molecule has 1 fully saturated rings. The largest absolute Gasteiger partial charge is 0.508 e. The lowest BCUT2D eigenvalue weighted by Crippen LogP contribution is -2.34. The summed E-state index contributed by atoms with van der Waals surface area (Å²) in [4.78, 5) is 16.9. The predicted octanol–water partition coefficient (Wildman–Crippen LogP) is 5.21. The zero-order valence-corrected chi connectivity index (χ0v) is 20.8. The summed E-state index contributed by atoms with van der Waals surface area (Å²) in [6.07, 6.45) is 7.34. The fourth-order valence-corrected chi connectivity index (χ4v) is 5.09. The van der Waals surface area contributed by atoms with Crippen LogP contribution >= 0.6 is 0 Å². The van der Waals surface area contributed by atoms with Crippen molar-refractivity contribution in [1.82, 2.24) is 35.5 Å². The van der Waals surface area contributed by atoms with E-state index >= 15 is 0 Å². The number of aromatic amines is 2. The van der Waals surface area contributed by atoms with Gasteiger partial charge in [0.2, 0.25) is 0 Å². The first-order chi connectivity index (χ1) is 19.1. The zero-order valence-electron chi connectivity index (χ0n) is 20.8. The molecule has 0 amide bonds. The van der Waals surface area contributed by atoms with Gasteiger partial charge in [0.05, 0.1) is 22.9 Å². The molecule has 2 aromatic carbocycles. The maximum absolute atomic E-state index is 14.0. The molecule has 0 bridgehead atoms. The van der Waals surface area contributed by atoms with Crippen LogP contribution in [0.15, 0.2) is 67.1 Å². The molecule has 1 aliphatic rings. The summed E-state index contributed by atoms with van der Waals surface area (Å²) < 4.78 is 20.2. The standard InChI is InChI=1S/C29H24FN7O2/c30-19-9-17(10-20(38)13-19)26-28-25(5-8-33-26)34-29(35-28)27-23-12-16(1-2-24(23)36-37-27)18-11-22(15-32-14-18)39-21-3-6-31-7-4-21/h1-2,5,8-15,21,31,38H,3-4,6-7H2,(H,34,35)(H,36,37). The van der Waals surface area contributed by atoms with Crippen molar-refractivity contribution in [2.24, 2.45) is 0 Å². The van der Waals surface area contributed by atoms with E-state index in [2.05, 4.69) is 36.5 Å². The van der Waals surface area contributed by atoms with Gasteiger partial charge >= 0.3 is 0 Å². The number of nitrogens with zero attached hydrogens (tertiary/aromatic N) is 4. The molecule has 0 saturated carbocycles. The van der Waals surface area contributed by atoms with Crippen molar-refractivity contribution in [3.8, 4) is 45.4 Å². The lowest BCUT2D eigenvalue weighted by molar-refractivity contribution is 0.162. The van der Waals surface area contributed by atoms with Gasteiger partial charge in [-0.1, -0.05) is 6.07 Å². The van der Waals surface area contributed by atoms with Crippen molar-refractivity contribution in [2.75, 3.05) is 13.1 Å². The van der Waals surface area contributed by atoms with Crippen LogP contribution < -0.4 is 10.1 Å². The summed E-state index contributed by atoms with van der Waals surface area (Å²) in [6, 6.07) is 13.7. The summed E-state index contributed by atoms with van der Waals surface area (Å²) in [5.74, 6) is 0.576. The second-order valence-corrected chi connectivity index (χ2v) is 9.65. The number of ether oxygens (including phenoxy) is 1. The number of rotatable bonds is 5. The van der Waals surface area contributed by atoms with Crippen LogP contribution in [0.3, 0.4) is 0 Å². The van der Waals surface area contributed by atoms with Crippen LogP contribution in [-0.4, -0.2) is 54.4 Å².